The molecule has 2 aromatic heterocycles. The molecule has 1 aliphatic heterocycles. The number of hydrogen-bond acceptors (Lipinski definition) is 7. The molecule has 3 heterocycles. The highest BCUT2D eigenvalue weighted by Crippen LogP contribution is 2.38. The van der Waals surface area contributed by atoms with Gasteiger partial charge in [-0.2, -0.15) is 0 Å². The minimum Gasteiger partial charge on any atom is -0.480 e. The lowest BCUT2D eigenvalue weighted by Gasteiger charge is -2.26. The summed E-state index contributed by atoms with van der Waals surface area (Å²) in [5.41, 5.74) is 1.72. The molecule has 2 N–H and O–H groups in total. The van der Waals surface area contributed by atoms with Crippen LogP contribution >= 0.6 is 22.9 Å². The van der Waals surface area contributed by atoms with Gasteiger partial charge in [0.25, 0.3) is 0 Å². The number of aromatic nitrogens is 2. The minimum atomic E-state index is -0.912. The topological polar surface area (TPSA) is 98.7 Å². The van der Waals surface area contributed by atoms with Crippen molar-refractivity contribution in [1.82, 2.24) is 19.8 Å². The maximum Gasteiger partial charge on any atom is 0.317 e. The number of anilines is 2. The quantitative estimate of drug-likeness (QED) is 0.488. The van der Waals surface area contributed by atoms with Crippen molar-refractivity contribution in [2.75, 3.05) is 32.0 Å². The molecule has 0 fully saturated rings. The Morgan fingerprint density at radius 1 is 1.39 bits per heavy atom. The van der Waals surface area contributed by atoms with Gasteiger partial charge in [0.1, 0.15) is 22.8 Å². The Morgan fingerprint density at radius 2 is 2.21 bits per heavy atom. The van der Waals surface area contributed by atoms with Crippen LogP contribution in [0.4, 0.5) is 15.9 Å². The Kier molecular flexibility index (Phi) is 6.87. The predicted molar refractivity (Wildman–Crippen MR) is 126 cm³/mol. The second-order valence-corrected chi connectivity index (χ2v) is 9.15. The molecule has 1 amide bonds. The van der Waals surface area contributed by atoms with Crippen LogP contribution in [0.5, 0.6) is 0 Å². The summed E-state index contributed by atoms with van der Waals surface area (Å²) in [5, 5.41) is 12.9. The van der Waals surface area contributed by atoms with Crippen LogP contribution in [0.25, 0.3) is 10.2 Å². The molecule has 0 bridgehead atoms. The van der Waals surface area contributed by atoms with Crippen molar-refractivity contribution in [3.05, 3.63) is 58.0 Å². The Hall–Kier alpha value is -3.08. The van der Waals surface area contributed by atoms with E-state index in [1.54, 1.807) is 29.0 Å². The number of carboxylic acid groups (broad SMARTS) is 1. The number of halogens is 2. The molecular formula is C22H21ClFN5O3S. The molecule has 33 heavy (non-hydrogen) atoms. The van der Waals surface area contributed by atoms with Gasteiger partial charge in [0, 0.05) is 29.7 Å². The zero-order valence-electron chi connectivity index (χ0n) is 17.7. The molecule has 0 radical (unpaired) electrons. The molecule has 4 rings (SSSR count). The van der Waals surface area contributed by atoms with Gasteiger partial charge in [-0.15, -0.1) is 11.3 Å². The molecule has 0 aliphatic carbocycles. The van der Waals surface area contributed by atoms with Crippen molar-refractivity contribution >= 4 is 56.5 Å². The molecule has 11 heteroatoms. The Bertz CT molecular complexity index is 1250. The van der Waals surface area contributed by atoms with E-state index in [4.69, 9.17) is 16.7 Å². The van der Waals surface area contributed by atoms with E-state index in [1.807, 2.05) is 0 Å². The highest BCUT2D eigenvalue weighted by molar-refractivity contribution is 7.19. The first-order valence-electron chi connectivity index (χ1n) is 10.1. The average molecular weight is 490 g/mol. The fourth-order valence-electron chi connectivity index (χ4n) is 3.66. The van der Waals surface area contributed by atoms with Crippen molar-refractivity contribution in [3.8, 4) is 0 Å². The maximum atomic E-state index is 13.5. The number of carboxylic acids is 1. The van der Waals surface area contributed by atoms with Crippen LogP contribution in [0.1, 0.15) is 10.4 Å². The number of aliphatic carboxylic acids is 1. The van der Waals surface area contributed by atoms with Crippen LogP contribution in [0.3, 0.4) is 0 Å². The van der Waals surface area contributed by atoms with E-state index in [-0.39, 0.29) is 17.5 Å². The van der Waals surface area contributed by atoms with Gasteiger partial charge in [0.05, 0.1) is 23.5 Å². The average Bonchev–Trinajstić information content (AvgIpc) is 3.14. The van der Waals surface area contributed by atoms with Crippen molar-refractivity contribution in [2.24, 2.45) is 0 Å². The summed E-state index contributed by atoms with van der Waals surface area (Å²) in [6.07, 6.45) is 5.28. The third-order valence-electron chi connectivity index (χ3n) is 5.21. The third kappa shape index (κ3) is 5.29. The molecule has 1 aliphatic rings. The van der Waals surface area contributed by atoms with E-state index < -0.39 is 11.8 Å². The number of carbonyl (C=O) groups excluding carboxylic acids is 1. The Morgan fingerprint density at radius 3 is 2.97 bits per heavy atom. The highest BCUT2D eigenvalue weighted by Gasteiger charge is 2.25. The molecule has 0 saturated heterocycles. The standard InChI is InChI=1S/C22H21ClFN5O3S/c1-28(11-19(31)32)7-2-3-18(30)29-8-6-14-17(10-29)33-22-20(14)21(25-12-26-22)27-13-4-5-16(24)15(23)9-13/h2-5,9,12H,6-8,10-11H2,1H3,(H,31,32)(H,25,26,27). The first-order valence-corrected chi connectivity index (χ1v) is 11.3. The molecular weight excluding hydrogens is 469 g/mol. The number of nitrogens with one attached hydrogen (secondary N) is 1. The second kappa shape index (κ2) is 9.82. The number of benzene rings is 1. The number of fused-ring (bicyclic) bond motifs is 3. The van der Waals surface area contributed by atoms with Crippen LogP contribution in [0.15, 0.2) is 36.7 Å². The fraction of sp³-hybridized carbons (Fsp3) is 0.273. The van der Waals surface area contributed by atoms with Crippen molar-refractivity contribution < 1.29 is 19.1 Å². The van der Waals surface area contributed by atoms with E-state index in [9.17, 15) is 14.0 Å². The van der Waals surface area contributed by atoms with E-state index in [0.29, 0.717) is 37.6 Å². The molecule has 0 atom stereocenters. The normalized spacial score (nSPS) is 13.6. The zero-order chi connectivity index (χ0) is 23.5. The lowest BCUT2D eigenvalue weighted by molar-refractivity contribution is -0.137. The lowest BCUT2D eigenvalue weighted by Crippen LogP contribution is -2.34. The van der Waals surface area contributed by atoms with E-state index in [0.717, 1.165) is 20.7 Å². The second-order valence-electron chi connectivity index (χ2n) is 7.66. The Balaban J connectivity index is 1.50. The van der Waals surface area contributed by atoms with Gasteiger partial charge >= 0.3 is 5.97 Å². The van der Waals surface area contributed by atoms with Gasteiger partial charge < -0.3 is 15.3 Å². The summed E-state index contributed by atoms with van der Waals surface area (Å²) in [6.45, 7) is 1.29. The SMILES string of the molecule is CN(CC=CC(=O)N1CCc2c(sc3ncnc(Nc4ccc(F)c(Cl)c4)c23)C1)CC(=O)O. The smallest absolute Gasteiger partial charge is 0.317 e. The van der Waals surface area contributed by atoms with Gasteiger partial charge in [0.2, 0.25) is 5.91 Å². The van der Waals surface area contributed by atoms with Crippen LogP contribution in [0, 0.1) is 5.82 Å². The zero-order valence-corrected chi connectivity index (χ0v) is 19.3. The number of likely N-dealkylation sites (N-methyl/N-ethyl adjacent to an activating group) is 1. The number of nitrogens with zero attached hydrogens (tertiary/aromatic N) is 4. The van der Waals surface area contributed by atoms with Crippen molar-refractivity contribution in [2.45, 2.75) is 13.0 Å². The monoisotopic (exact) mass is 489 g/mol. The number of thiophene rings is 1. The van der Waals surface area contributed by atoms with E-state index in [2.05, 4.69) is 15.3 Å². The number of carbonyl (C=O) groups is 2. The number of amides is 1. The largest absolute Gasteiger partial charge is 0.480 e. The molecule has 0 unspecified atom stereocenters. The number of hydrogen-bond donors (Lipinski definition) is 2. The summed E-state index contributed by atoms with van der Waals surface area (Å²) in [5.74, 6) is -0.908. The first kappa shape index (κ1) is 23.1. The molecule has 0 saturated carbocycles. The Labute approximate surface area is 198 Å². The lowest BCUT2D eigenvalue weighted by atomic mass is 10.0. The molecule has 172 valence electrons. The van der Waals surface area contributed by atoms with Crippen LogP contribution in [-0.2, 0) is 22.6 Å². The van der Waals surface area contributed by atoms with Gasteiger partial charge in [-0.1, -0.05) is 17.7 Å². The van der Waals surface area contributed by atoms with Gasteiger partial charge in [0.15, 0.2) is 0 Å². The minimum absolute atomic E-state index is 0.0222. The number of rotatable bonds is 7. The van der Waals surface area contributed by atoms with Crippen LogP contribution in [0.2, 0.25) is 5.02 Å². The van der Waals surface area contributed by atoms with Crippen LogP contribution < -0.4 is 5.32 Å². The highest BCUT2D eigenvalue weighted by atomic mass is 35.5. The van der Waals surface area contributed by atoms with E-state index >= 15 is 0 Å². The maximum absolute atomic E-state index is 13.5. The van der Waals surface area contributed by atoms with E-state index in [1.165, 1.54) is 35.9 Å². The summed E-state index contributed by atoms with van der Waals surface area (Å²) >= 11 is 7.41. The summed E-state index contributed by atoms with van der Waals surface area (Å²) < 4.78 is 13.5. The van der Waals surface area contributed by atoms with Crippen molar-refractivity contribution in [1.29, 1.82) is 0 Å². The van der Waals surface area contributed by atoms with Crippen LogP contribution in [-0.4, -0.2) is 63.4 Å². The fourth-order valence-corrected chi connectivity index (χ4v) is 5.04. The van der Waals surface area contributed by atoms with Gasteiger partial charge in [-0.05, 0) is 37.2 Å². The summed E-state index contributed by atoms with van der Waals surface area (Å²) in [6, 6.07) is 4.39. The first-order chi connectivity index (χ1) is 15.8. The summed E-state index contributed by atoms with van der Waals surface area (Å²) in [7, 11) is 1.68. The molecule has 0 spiro atoms. The molecule has 8 nitrogen and oxygen atoms in total. The molecule has 1 aromatic carbocycles. The van der Waals surface area contributed by atoms with Gasteiger partial charge in [-0.3, -0.25) is 14.5 Å². The third-order valence-corrected chi connectivity index (χ3v) is 6.63. The van der Waals surface area contributed by atoms with Gasteiger partial charge in [-0.25, -0.2) is 14.4 Å². The predicted octanol–water partition coefficient (Wildman–Crippen LogP) is 3.68. The molecule has 3 aromatic rings. The summed E-state index contributed by atoms with van der Waals surface area (Å²) in [4.78, 5) is 37.3. The van der Waals surface area contributed by atoms with Crippen molar-refractivity contribution in [3.63, 3.8) is 0 Å².